The first kappa shape index (κ1) is 17.6. The van der Waals surface area contributed by atoms with Crippen LogP contribution < -0.4 is 10.6 Å². The van der Waals surface area contributed by atoms with E-state index in [1.807, 2.05) is 19.2 Å². The molecule has 7 heteroatoms. The van der Waals surface area contributed by atoms with Crippen molar-refractivity contribution in [3.63, 3.8) is 0 Å². The third-order valence-electron chi connectivity index (χ3n) is 2.89. The highest BCUT2D eigenvalue weighted by atomic mass is 19.3. The molecule has 0 aliphatic carbocycles. The molecule has 0 fully saturated rings. The summed E-state index contributed by atoms with van der Waals surface area (Å²) in [4.78, 5) is 21.6. The zero-order valence-electron chi connectivity index (χ0n) is 11.3. The molecule has 5 nitrogen and oxygen atoms in total. The fourth-order valence-electron chi connectivity index (χ4n) is 1.72. The van der Waals surface area contributed by atoms with E-state index >= 15 is 0 Å². The zero-order chi connectivity index (χ0) is 14.8. The second kappa shape index (κ2) is 9.52. The monoisotopic (exact) mass is 280 g/mol. The molecule has 1 unspecified atom stereocenters. The number of carbonyl (C=O) groups is 2. The lowest BCUT2D eigenvalue weighted by molar-refractivity contribution is -0.137. The van der Waals surface area contributed by atoms with E-state index in [0.717, 1.165) is 0 Å². The maximum Gasteiger partial charge on any atom is 0.314 e. The molecule has 19 heavy (non-hydrogen) atoms. The Morgan fingerprint density at radius 1 is 1.16 bits per heavy atom. The molecular weight excluding hydrogens is 258 g/mol. The second-order valence-corrected chi connectivity index (χ2v) is 4.75. The van der Waals surface area contributed by atoms with Gasteiger partial charge in [0.1, 0.15) is 0 Å². The van der Waals surface area contributed by atoms with Gasteiger partial charge in [0.2, 0.25) is 0 Å². The van der Waals surface area contributed by atoms with Crippen LogP contribution in [0.5, 0.6) is 0 Å². The van der Waals surface area contributed by atoms with Gasteiger partial charge in [0, 0.05) is 13.0 Å². The van der Waals surface area contributed by atoms with Crippen LogP contribution in [-0.4, -0.2) is 36.6 Å². The third kappa shape index (κ3) is 10.2. The summed E-state index contributed by atoms with van der Waals surface area (Å²) < 4.78 is 23.7. The first-order valence-corrected chi connectivity index (χ1v) is 6.34. The summed E-state index contributed by atoms with van der Waals surface area (Å²) in [5.41, 5.74) is 0. The van der Waals surface area contributed by atoms with E-state index in [-0.39, 0.29) is 12.3 Å². The molecule has 0 saturated heterocycles. The second-order valence-electron chi connectivity index (χ2n) is 4.75. The van der Waals surface area contributed by atoms with Gasteiger partial charge < -0.3 is 15.7 Å². The van der Waals surface area contributed by atoms with Gasteiger partial charge in [0.15, 0.2) is 0 Å². The molecule has 0 heterocycles. The predicted octanol–water partition coefficient (Wildman–Crippen LogP) is 2.08. The SMILES string of the molecule is CC(C)C(CCNC(=O)NCC(F)F)CCC(=O)O. The smallest absolute Gasteiger partial charge is 0.314 e. The van der Waals surface area contributed by atoms with Gasteiger partial charge in [-0.05, 0) is 24.7 Å². The summed E-state index contributed by atoms with van der Waals surface area (Å²) in [6.45, 7) is 3.66. The molecule has 0 rings (SSSR count). The Balaban J connectivity index is 3.86. The van der Waals surface area contributed by atoms with Crippen molar-refractivity contribution in [1.29, 1.82) is 0 Å². The van der Waals surface area contributed by atoms with Crippen molar-refractivity contribution < 1.29 is 23.5 Å². The quantitative estimate of drug-likeness (QED) is 0.605. The molecule has 0 aliphatic rings. The van der Waals surface area contributed by atoms with Crippen molar-refractivity contribution in [2.45, 2.75) is 39.5 Å². The minimum atomic E-state index is -2.57. The van der Waals surface area contributed by atoms with Crippen LogP contribution >= 0.6 is 0 Å². The average Bonchev–Trinajstić information content (AvgIpc) is 2.30. The third-order valence-corrected chi connectivity index (χ3v) is 2.89. The van der Waals surface area contributed by atoms with Crippen LogP contribution in [0.4, 0.5) is 13.6 Å². The number of rotatable bonds is 9. The maximum absolute atomic E-state index is 11.8. The van der Waals surface area contributed by atoms with Crippen molar-refractivity contribution in [1.82, 2.24) is 10.6 Å². The number of aliphatic carboxylic acids is 1. The molecule has 0 aromatic heterocycles. The fourth-order valence-corrected chi connectivity index (χ4v) is 1.72. The van der Waals surface area contributed by atoms with Crippen LogP contribution in [0.3, 0.4) is 0 Å². The van der Waals surface area contributed by atoms with Crippen molar-refractivity contribution in [3.05, 3.63) is 0 Å². The zero-order valence-corrected chi connectivity index (χ0v) is 11.3. The lowest BCUT2D eigenvalue weighted by Gasteiger charge is -2.20. The van der Waals surface area contributed by atoms with Crippen molar-refractivity contribution in [3.8, 4) is 0 Å². The van der Waals surface area contributed by atoms with E-state index < -0.39 is 25.0 Å². The van der Waals surface area contributed by atoms with Crippen LogP contribution in [0.25, 0.3) is 0 Å². The van der Waals surface area contributed by atoms with E-state index in [2.05, 4.69) is 5.32 Å². The topological polar surface area (TPSA) is 78.4 Å². The van der Waals surface area contributed by atoms with Crippen LogP contribution in [-0.2, 0) is 4.79 Å². The van der Waals surface area contributed by atoms with Crippen molar-refractivity contribution in [2.75, 3.05) is 13.1 Å². The lowest BCUT2D eigenvalue weighted by atomic mass is 9.88. The highest BCUT2D eigenvalue weighted by Crippen LogP contribution is 2.20. The molecule has 0 aliphatic heterocycles. The van der Waals surface area contributed by atoms with Gasteiger partial charge in [0.25, 0.3) is 6.43 Å². The van der Waals surface area contributed by atoms with Gasteiger partial charge in [-0.25, -0.2) is 13.6 Å². The number of carboxylic acid groups (broad SMARTS) is 1. The van der Waals surface area contributed by atoms with Crippen molar-refractivity contribution >= 4 is 12.0 Å². The van der Waals surface area contributed by atoms with E-state index in [1.54, 1.807) is 0 Å². The molecular formula is C12H22F2N2O3. The Bertz CT molecular complexity index is 286. The molecule has 3 N–H and O–H groups in total. The molecule has 1 atom stereocenters. The van der Waals surface area contributed by atoms with E-state index in [4.69, 9.17) is 5.11 Å². The number of hydrogen-bond acceptors (Lipinski definition) is 2. The van der Waals surface area contributed by atoms with Gasteiger partial charge in [-0.15, -0.1) is 0 Å². The maximum atomic E-state index is 11.8. The molecule has 0 aromatic rings. The van der Waals surface area contributed by atoms with E-state index in [0.29, 0.717) is 25.3 Å². The number of alkyl halides is 2. The average molecular weight is 280 g/mol. The summed E-state index contributed by atoms with van der Waals surface area (Å²) in [6, 6.07) is -0.624. The first-order chi connectivity index (χ1) is 8.82. The Kier molecular flexibility index (Phi) is 8.82. The van der Waals surface area contributed by atoms with Crippen molar-refractivity contribution in [2.24, 2.45) is 11.8 Å². The highest BCUT2D eigenvalue weighted by Gasteiger charge is 2.15. The van der Waals surface area contributed by atoms with Crippen LogP contribution in [0, 0.1) is 11.8 Å². The number of urea groups is 1. The minimum Gasteiger partial charge on any atom is -0.481 e. The predicted molar refractivity (Wildman–Crippen MR) is 67.2 cm³/mol. The molecule has 0 radical (unpaired) electrons. The van der Waals surface area contributed by atoms with Gasteiger partial charge >= 0.3 is 12.0 Å². The standard InChI is InChI=1S/C12H22F2N2O3/c1-8(2)9(3-4-11(17)18)5-6-15-12(19)16-7-10(13)14/h8-10H,3-7H2,1-2H3,(H,17,18)(H2,15,16,19). The molecule has 112 valence electrons. The number of hydrogen-bond donors (Lipinski definition) is 3. The van der Waals surface area contributed by atoms with Gasteiger partial charge in [-0.1, -0.05) is 13.8 Å². The molecule has 0 spiro atoms. The van der Waals surface area contributed by atoms with Crippen LogP contribution in [0.15, 0.2) is 0 Å². The lowest BCUT2D eigenvalue weighted by Crippen LogP contribution is -2.39. The number of amides is 2. The highest BCUT2D eigenvalue weighted by molar-refractivity contribution is 5.73. The Hall–Kier alpha value is -1.40. The Labute approximate surface area is 111 Å². The Morgan fingerprint density at radius 2 is 1.79 bits per heavy atom. The fraction of sp³-hybridized carbons (Fsp3) is 0.833. The number of carboxylic acids is 1. The summed E-state index contributed by atoms with van der Waals surface area (Å²) in [7, 11) is 0. The normalized spacial score (nSPS) is 12.5. The van der Waals surface area contributed by atoms with E-state index in [1.165, 1.54) is 0 Å². The Morgan fingerprint density at radius 3 is 2.26 bits per heavy atom. The van der Waals surface area contributed by atoms with Gasteiger partial charge in [-0.2, -0.15) is 0 Å². The summed E-state index contributed by atoms with van der Waals surface area (Å²) >= 11 is 0. The summed E-state index contributed by atoms with van der Waals surface area (Å²) in [5, 5.41) is 13.2. The molecule has 0 bridgehead atoms. The van der Waals surface area contributed by atoms with Crippen LogP contribution in [0.1, 0.15) is 33.1 Å². The summed E-state index contributed by atoms with van der Waals surface area (Å²) in [5.74, 6) is -0.343. The van der Waals surface area contributed by atoms with E-state index in [9.17, 15) is 18.4 Å². The van der Waals surface area contributed by atoms with Crippen LogP contribution in [0.2, 0.25) is 0 Å². The number of nitrogens with one attached hydrogen (secondary N) is 2. The number of halogens is 2. The molecule has 0 saturated carbocycles. The first-order valence-electron chi connectivity index (χ1n) is 6.34. The molecule has 0 aromatic carbocycles. The summed E-state index contributed by atoms with van der Waals surface area (Å²) in [6.07, 6.45) is -1.29. The molecule has 2 amide bonds. The van der Waals surface area contributed by atoms with Gasteiger partial charge in [-0.3, -0.25) is 4.79 Å². The van der Waals surface area contributed by atoms with Gasteiger partial charge in [0.05, 0.1) is 6.54 Å². The minimum absolute atomic E-state index is 0.0976. The largest absolute Gasteiger partial charge is 0.481 e. The number of carbonyl (C=O) groups excluding carboxylic acids is 1.